The largest absolute Gasteiger partial charge is 0.320 e. The van der Waals surface area contributed by atoms with Crippen molar-refractivity contribution in [1.29, 1.82) is 0 Å². The molecular formula is C16H17BrClN. The monoisotopic (exact) mass is 337 g/mol. The van der Waals surface area contributed by atoms with Crippen LogP contribution in [0.3, 0.4) is 0 Å². The van der Waals surface area contributed by atoms with Crippen molar-refractivity contribution >= 4 is 27.5 Å². The molecule has 0 aliphatic heterocycles. The lowest BCUT2D eigenvalue weighted by atomic mass is 9.97. The average Bonchev–Trinajstić information content (AvgIpc) is 2.41. The van der Waals surface area contributed by atoms with E-state index in [1.54, 1.807) is 0 Å². The molecule has 3 heteroatoms. The molecule has 0 saturated carbocycles. The van der Waals surface area contributed by atoms with Crippen LogP contribution in [0.5, 0.6) is 0 Å². The maximum absolute atomic E-state index is 6.35. The molecule has 2 aromatic carbocycles. The summed E-state index contributed by atoms with van der Waals surface area (Å²) in [5, 5.41) is 0.705. The Balaban J connectivity index is 2.35. The third-order valence-corrected chi connectivity index (χ3v) is 3.98. The highest BCUT2D eigenvalue weighted by molar-refractivity contribution is 9.10. The smallest absolute Gasteiger partial charge is 0.0566 e. The van der Waals surface area contributed by atoms with Crippen molar-refractivity contribution < 1.29 is 0 Å². The average molecular weight is 339 g/mol. The number of aryl methyl sites for hydroxylation is 1. The lowest BCUT2D eigenvalue weighted by Crippen LogP contribution is -2.12. The van der Waals surface area contributed by atoms with Crippen LogP contribution in [-0.2, 0) is 6.42 Å². The van der Waals surface area contributed by atoms with Gasteiger partial charge >= 0.3 is 0 Å². The maximum Gasteiger partial charge on any atom is 0.0566 e. The van der Waals surface area contributed by atoms with Crippen LogP contribution in [0.1, 0.15) is 36.1 Å². The van der Waals surface area contributed by atoms with E-state index >= 15 is 0 Å². The van der Waals surface area contributed by atoms with Gasteiger partial charge in [0.2, 0.25) is 0 Å². The van der Waals surface area contributed by atoms with Gasteiger partial charge in [-0.1, -0.05) is 65.1 Å². The molecule has 0 bridgehead atoms. The summed E-state index contributed by atoms with van der Waals surface area (Å²) in [5.74, 6) is 0. The zero-order valence-electron chi connectivity index (χ0n) is 10.9. The minimum absolute atomic E-state index is 0.193. The van der Waals surface area contributed by atoms with E-state index < -0.39 is 0 Å². The predicted octanol–water partition coefficient (Wildman–Crippen LogP) is 5.10. The minimum atomic E-state index is -0.193. The first-order valence-electron chi connectivity index (χ1n) is 6.41. The third-order valence-electron chi connectivity index (χ3n) is 3.14. The summed E-state index contributed by atoms with van der Waals surface area (Å²) in [7, 11) is 0. The number of hydrogen-bond acceptors (Lipinski definition) is 1. The quantitative estimate of drug-likeness (QED) is 0.824. The zero-order chi connectivity index (χ0) is 13.8. The van der Waals surface area contributed by atoms with Gasteiger partial charge in [0.05, 0.1) is 6.04 Å². The molecule has 0 fully saturated rings. The number of rotatable bonds is 4. The molecule has 0 amide bonds. The van der Waals surface area contributed by atoms with Crippen molar-refractivity contribution in [3.05, 3.63) is 68.7 Å². The molecule has 0 aromatic heterocycles. The topological polar surface area (TPSA) is 26.0 Å². The van der Waals surface area contributed by atoms with Crippen LogP contribution in [0.4, 0.5) is 0 Å². The Labute approximate surface area is 127 Å². The van der Waals surface area contributed by atoms with E-state index in [-0.39, 0.29) is 6.04 Å². The van der Waals surface area contributed by atoms with Gasteiger partial charge in [-0.3, -0.25) is 0 Å². The van der Waals surface area contributed by atoms with Crippen LogP contribution in [0.2, 0.25) is 5.02 Å². The third kappa shape index (κ3) is 3.59. The molecule has 0 aliphatic rings. The Kier molecular flexibility index (Phi) is 5.03. The number of halogens is 2. The summed E-state index contributed by atoms with van der Waals surface area (Å²) in [4.78, 5) is 0. The van der Waals surface area contributed by atoms with E-state index in [1.807, 2.05) is 18.2 Å². The Bertz CT molecular complexity index is 568. The molecule has 0 aliphatic carbocycles. The molecule has 1 unspecified atom stereocenters. The van der Waals surface area contributed by atoms with E-state index in [2.05, 4.69) is 47.1 Å². The molecule has 0 heterocycles. The van der Waals surface area contributed by atoms with Crippen molar-refractivity contribution in [2.24, 2.45) is 5.73 Å². The van der Waals surface area contributed by atoms with Crippen LogP contribution < -0.4 is 5.73 Å². The molecule has 2 rings (SSSR count). The van der Waals surface area contributed by atoms with Gasteiger partial charge in [0, 0.05) is 9.50 Å². The molecule has 19 heavy (non-hydrogen) atoms. The van der Waals surface area contributed by atoms with Crippen LogP contribution in [0.15, 0.2) is 46.9 Å². The normalized spacial score (nSPS) is 12.4. The summed E-state index contributed by atoms with van der Waals surface area (Å²) in [5.41, 5.74) is 9.72. The van der Waals surface area contributed by atoms with E-state index in [0.717, 1.165) is 28.4 Å². The molecule has 1 atom stereocenters. The number of hydrogen-bond donors (Lipinski definition) is 1. The van der Waals surface area contributed by atoms with Crippen LogP contribution in [0, 0.1) is 0 Å². The van der Waals surface area contributed by atoms with Gasteiger partial charge in [-0.15, -0.1) is 0 Å². The first-order chi connectivity index (χ1) is 9.11. The van der Waals surface area contributed by atoms with Gasteiger partial charge < -0.3 is 5.73 Å². The Morgan fingerprint density at radius 2 is 2.00 bits per heavy atom. The second-order valence-corrected chi connectivity index (χ2v) is 5.96. The van der Waals surface area contributed by atoms with Crippen molar-refractivity contribution in [1.82, 2.24) is 0 Å². The fraction of sp³-hybridized carbons (Fsp3) is 0.250. The predicted molar refractivity (Wildman–Crippen MR) is 85.6 cm³/mol. The molecule has 1 nitrogen and oxygen atoms in total. The van der Waals surface area contributed by atoms with Crippen LogP contribution in [0.25, 0.3) is 0 Å². The summed E-state index contributed by atoms with van der Waals surface area (Å²) < 4.78 is 0.993. The van der Waals surface area contributed by atoms with Gasteiger partial charge in [0.1, 0.15) is 0 Å². The van der Waals surface area contributed by atoms with E-state index in [9.17, 15) is 0 Å². The van der Waals surface area contributed by atoms with E-state index in [1.165, 1.54) is 5.56 Å². The van der Waals surface area contributed by atoms with Crippen molar-refractivity contribution in [2.75, 3.05) is 0 Å². The highest BCUT2D eigenvalue weighted by Gasteiger charge is 2.13. The summed E-state index contributed by atoms with van der Waals surface area (Å²) in [6.07, 6.45) is 2.21. The summed E-state index contributed by atoms with van der Waals surface area (Å²) in [6.45, 7) is 2.18. The van der Waals surface area contributed by atoms with Gasteiger partial charge in [0.25, 0.3) is 0 Å². The Morgan fingerprint density at radius 3 is 2.74 bits per heavy atom. The highest BCUT2D eigenvalue weighted by atomic mass is 79.9. The first-order valence-corrected chi connectivity index (χ1v) is 7.58. The summed E-state index contributed by atoms with van der Waals surface area (Å²) in [6, 6.07) is 14.0. The molecule has 2 aromatic rings. The lowest BCUT2D eigenvalue weighted by Gasteiger charge is -2.15. The maximum atomic E-state index is 6.35. The van der Waals surface area contributed by atoms with Crippen molar-refractivity contribution in [3.63, 3.8) is 0 Å². The number of benzene rings is 2. The molecule has 100 valence electrons. The highest BCUT2D eigenvalue weighted by Crippen LogP contribution is 2.29. The fourth-order valence-corrected chi connectivity index (χ4v) is 2.78. The minimum Gasteiger partial charge on any atom is -0.320 e. The van der Waals surface area contributed by atoms with Crippen molar-refractivity contribution in [2.45, 2.75) is 25.8 Å². The molecule has 0 spiro atoms. The Hall–Kier alpha value is -0.830. The standard InChI is InChI=1S/C16H17BrClN/c1-2-4-11-5-3-6-12(9-11)16(19)14-10-13(17)7-8-15(14)18/h3,5-10,16H,2,4,19H2,1H3. The van der Waals surface area contributed by atoms with Crippen molar-refractivity contribution in [3.8, 4) is 0 Å². The van der Waals surface area contributed by atoms with E-state index in [0.29, 0.717) is 5.02 Å². The fourth-order valence-electron chi connectivity index (χ4n) is 2.16. The second-order valence-electron chi connectivity index (χ2n) is 4.64. The molecule has 0 saturated heterocycles. The van der Waals surface area contributed by atoms with Gasteiger partial charge in [-0.2, -0.15) is 0 Å². The number of nitrogens with two attached hydrogens (primary N) is 1. The van der Waals surface area contributed by atoms with Gasteiger partial charge in [-0.25, -0.2) is 0 Å². The molecular weight excluding hydrogens is 322 g/mol. The van der Waals surface area contributed by atoms with Crippen LogP contribution in [-0.4, -0.2) is 0 Å². The zero-order valence-corrected chi connectivity index (χ0v) is 13.2. The van der Waals surface area contributed by atoms with Crippen LogP contribution >= 0.6 is 27.5 Å². The Morgan fingerprint density at radius 1 is 1.21 bits per heavy atom. The van der Waals surface area contributed by atoms with Gasteiger partial charge in [-0.05, 0) is 41.3 Å². The summed E-state index contributed by atoms with van der Waals surface area (Å²) >= 11 is 9.70. The SMILES string of the molecule is CCCc1cccc(C(N)c2cc(Br)ccc2Cl)c1. The first kappa shape index (κ1) is 14.6. The second kappa shape index (κ2) is 6.56. The van der Waals surface area contributed by atoms with Gasteiger partial charge in [0.15, 0.2) is 0 Å². The molecule has 2 N–H and O–H groups in total. The lowest BCUT2D eigenvalue weighted by molar-refractivity contribution is 0.858. The van der Waals surface area contributed by atoms with E-state index in [4.69, 9.17) is 17.3 Å². The molecule has 0 radical (unpaired) electrons.